The van der Waals surface area contributed by atoms with E-state index < -0.39 is 94.2 Å². The molecule has 264 valence electrons. The maximum absolute atomic E-state index is 13.8. The fourth-order valence-corrected chi connectivity index (χ4v) is 6.18. The van der Waals surface area contributed by atoms with Gasteiger partial charge in [-0.05, 0) is 19.9 Å². The Labute approximate surface area is 284 Å². The molecule has 3 aliphatic heterocycles. The third-order valence-electron chi connectivity index (χ3n) is 9.37. The van der Waals surface area contributed by atoms with E-state index in [4.69, 9.17) is 18.9 Å². The third kappa shape index (κ3) is 7.24. The number of hydrogen-bond donors (Lipinski definition) is 4. The highest BCUT2D eigenvalue weighted by Crippen LogP contribution is 2.47. The Morgan fingerprint density at radius 3 is 2.31 bits per heavy atom. The molecule has 1 aromatic carbocycles. The van der Waals surface area contributed by atoms with Gasteiger partial charge in [0.05, 0.1) is 47.0 Å². The zero-order chi connectivity index (χ0) is 36.5. The summed E-state index contributed by atoms with van der Waals surface area (Å²) >= 11 is 0. The van der Waals surface area contributed by atoms with Crippen LogP contribution in [0.5, 0.6) is 11.5 Å². The standard InChI is InChI=1S/C36H43NO12/c1-16-10-9-11-17(2)35(45)37-23-15-24(39)26-27(32(23)43)31(42)20(5)33-28(26)34(44)36(7,49-33)47-13-12-22(46-8)14-25(48-21(6)38)18(3)30(41)19(4)29(16)40/h9-13,15-16,18-19,22,25,29-30,40-42H,14H2,1-8H3,(H,37,45)/b10-9+,13-12+,17-11-/t16-,18-,19+,22-,25+,29-,30-,36-/m0/s1. The summed E-state index contributed by atoms with van der Waals surface area (Å²) in [5, 5.41) is 35.8. The van der Waals surface area contributed by atoms with Crippen molar-refractivity contribution in [3.63, 3.8) is 0 Å². The quantitative estimate of drug-likeness (QED) is 0.333. The largest absolute Gasteiger partial charge is 0.507 e. The molecule has 4 N–H and O–H groups in total. The maximum atomic E-state index is 13.8. The molecule has 4 aliphatic rings. The number of aliphatic hydroxyl groups is 2. The normalized spacial score (nSPS) is 33.4. The predicted molar refractivity (Wildman–Crippen MR) is 175 cm³/mol. The molecule has 13 heteroatoms. The Balaban J connectivity index is 1.80. The zero-order valence-corrected chi connectivity index (χ0v) is 28.7. The van der Waals surface area contributed by atoms with Gasteiger partial charge in [0, 0.05) is 62.3 Å². The van der Waals surface area contributed by atoms with Gasteiger partial charge < -0.3 is 39.6 Å². The lowest BCUT2D eigenvalue weighted by molar-refractivity contribution is -0.155. The number of carbonyl (C=O) groups is 5. The van der Waals surface area contributed by atoms with Crippen LogP contribution in [-0.2, 0) is 23.8 Å². The number of ether oxygens (including phenoxy) is 4. The number of allylic oxidation sites excluding steroid dienone is 4. The van der Waals surface area contributed by atoms with Crippen LogP contribution in [0.1, 0.15) is 84.6 Å². The van der Waals surface area contributed by atoms with Gasteiger partial charge in [0.2, 0.25) is 5.78 Å². The van der Waals surface area contributed by atoms with E-state index in [0.29, 0.717) is 0 Å². The molecule has 49 heavy (non-hydrogen) atoms. The van der Waals surface area contributed by atoms with Crippen LogP contribution in [-0.4, -0.2) is 81.9 Å². The van der Waals surface area contributed by atoms with Gasteiger partial charge in [-0.3, -0.25) is 24.0 Å². The summed E-state index contributed by atoms with van der Waals surface area (Å²) in [6.45, 7) is 10.5. The van der Waals surface area contributed by atoms with Crippen LogP contribution in [0, 0.1) is 24.7 Å². The van der Waals surface area contributed by atoms with Gasteiger partial charge in [-0.1, -0.05) is 39.0 Å². The number of nitrogens with one attached hydrogen (secondary N) is 1. The van der Waals surface area contributed by atoms with Crippen molar-refractivity contribution in [2.45, 2.75) is 85.1 Å². The molecule has 0 fully saturated rings. The van der Waals surface area contributed by atoms with Crippen molar-refractivity contribution < 1.29 is 58.2 Å². The monoisotopic (exact) mass is 681 g/mol. The summed E-state index contributed by atoms with van der Waals surface area (Å²) in [5.74, 6) is -8.34. The van der Waals surface area contributed by atoms with Crippen LogP contribution in [0.3, 0.4) is 0 Å². The second-order valence-electron chi connectivity index (χ2n) is 12.9. The molecule has 0 radical (unpaired) electrons. The van der Waals surface area contributed by atoms with E-state index in [1.165, 1.54) is 47.0 Å². The highest BCUT2D eigenvalue weighted by atomic mass is 16.7. The number of hydrogen-bond acceptors (Lipinski definition) is 12. The highest BCUT2D eigenvalue weighted by Gasteiger charge is 2.51. The average molecular weight is 682 g/mol. The Kier molecular flexibility index (Phi) is 11.0. The Bertz CT molecular complexity index is 1690. The number of carbonyl (C=O) groups excluding carboxylic acids is 5. The molecule has 3 heterocycles. The molecule has 1 amide bonds. The van der Waals surface area contributed by atoms with Gasteiger partial charge in [0.15, 0.2) is 5.78 Å². The van der Waals surface area contributed by atoms with E-state index in [1.54, 1.807) is 32.9 Å². The minimum Gasteiger partial charge on any atom is -0.507 e. The van der Waals surface area contributed by atoms with Crippen molar-refractivity contribution in [3.8, 4) is 11.5 Å². The summed E-state index contributed by atoms with van der Waals surface area (Å²) in [7, 11) is 1.41. The molecule has 0 saturated carbocycles. The summed E-state index contributed by atoms with van der Waals surface area (Å²) in [4.78, 5) is 65.9. The first kappa shape index (κ1) is 37.2. The van der Waals surface area contributed by atoms with Crippen molar-refractivity contribution in [1.29, 1.82) is 0 Å². The number of Topliss-reactive ketones (excluding diaryl/α,β-unsaturated/α-hetero) is 2. The minimum absolute atomic E-state index is 0.0101. The van der Waals surface area contributed by atoms with E-state index in [9.17, 15) is 39.3 Å². The number of aromatic hydroxyl groups is 1. The summed E-state index contributed by atoms with van der Waals surface area (Å²) < 4.78 is 22.8. The van der Waals surface area contributed by atoms with Gasteiger partial charge in [-0.15, -0.1) is 0 Å². The fourth-order valence-electron chi connectivity index (χ4n) is 6.18. The number of benzene rings is 1. The first-order valence-electron chi connectivity index (χ1n) is 15.9. The molecule has 1 aromatic rings. The van der Waals surface area contributed by atoms with Crippen molar-refractivity contribution in [1.82, 2.24) is 5.32 Å². The van der Waals surface area contributed by atoms with Crippen LogP contribution in [0.4, 0.5) is 0 Å². The van der Waals surface area contributed by atoms with Crippen LogP contribution in [0.2, 0.25) is 0 Å². The molecule has 8 atom stereocenters. The van der Waals surface area contributed by atoms with Crippen molar-refractivity contribution >= 4 is 29.2 Å². The number of aliphatic hydroxyl groups excluding tert-OH is 2. The number of phenols is 1. The number of rotatable bonds is 2. The van der Waals surface area contributed by atoms with E-state index in [1.807, 2.05) is 0 Å². The number of phenolic OH excluding ortho intramolecular Hbond substituents is 1. The molecule has 0 unspecified atom stereocenters. The van der Waals surface area contributed by atoms with Gasteiger partial charge >= 0.3 is 11.8 Å². The molecule has 1 aliphatic carbocycles. The third-order valence-corrected chi connectivity index (χ3v) is 9.37. The average Bonchev–Trinajstić information content (AvgIpc) is 3.31. The van der Waals surface area contributed by atoms with Crippen LogP contribution >= 0.6 is 0 Å². The van der Waals surface area contributed by atoms with Crippen LogP contribution in [0.25, 0.3) is 0 Å². The van der Waals surface area contributed by atoms with Crippen molar-refractivity contribution in [2.75, 3.05) is 7.11 Å². The molecule has 0 spiro atoms. The molecule has 0 aromatic heterocycles. The van der Waals surface area contributed by atoms with Gasteiger partial charge in [-0.25, -0.2) is 0 Å². The molecular formula is C36H43NO12. The topological polar surface area (TPSA) is 195 Å². The van der Waals surface area contributed by atoms with Gasteiger partial charge in [-0.2, -0.15) is 0 Å². The first-order chi connectivity index (χ1) is 22.9. The minimum atomic E-state index is -2.02. The van der Waals surface area contributed by atoms with Crippen molar-refractivity contribution in [3.05, 3.63) is 70.2 Å². The second kappa shape index (κ2) is 14.5. The van der Waals surface area contributed by atoms with E-state index in [2.05, 4.69) is 5.32 Å². The van der Waals surface area contributed by atoms with E-state index >= 15 is 0 Å². The lowest BCUT2D eigenvalue weighted by Gasteiger charge is -2.35. The molecule has 0 saturated heterocycles. The number of ketones is 3. The summed E-state index contributed by atoms with van der Waals surface area (Å²) in [5.41, 5.74) is -1.30. The Morgan fingerprint density at radius 1 is 1.00 bits per heavy atom. The lowest BCUT2D eigenvalue weighted by Crippen LogP contribution is -2.43. The summed E-state index contributed by atoms with van der Waals surface area (Å²) in [6.07, 6.45) is 4.43. The predicted octanol–water partition coefficient (Wildman–Crippen LogP) is 3.38. The fraction of sp³-hybridized carbons (Fsp3) is 0.472. The number of esters is 1. The maximum Gasteiger partial charge on any atom is 0.312 e. The second-order valence-corrected chi connectivity index (χ2v) is 12.9. The van der Waals surface area contributed by atoms with Gasteiger partial charge in [0.1, 0.15) is 17.6 Å². The molecular weight excluding hydrogens is 638 g/mol. The SMILES string of the molecule is CO[C@H]1/C=C/O[C@@]2(C)Oc3c(C)c(O)c4c(c3C2=O)C(=O)C=C(NC(=O)/C(C)=C\C=C\[C@H](C)[C@H](O)[C@@H](C)[C@@H](O)[C@@H](C)[C@H](OC(C)=O)C1)C4=O. The van der Waals surface area contributed by atoms with Crippen LogP contribution < -0.4 is 10.1 Å². The smallest absolute Gasteiger partial charge is 0.312 e. The zero-order valence-electron chi connectivity index (χ0n) is 28.7. The van der Waals surface area contributed by atoms with Crippen molar-refractivity contribution in [2.24, 2.45) is 17.8 Å². The summed E-state index contributed by atoms with van der Waals surface area (Å²) in [6, 6.07) is 0. The Morgan fingerprint density at radius 2 is 1.67 bits per heavy atom. The van der Waals surface area contributed by atoms with Gasteiger partial charge in [0.25, 0.3) is 11.7 Å². The first-order valence-corrected chi connectivity index (χ1v) is 15.9. The number of amides is 1. The molecule has 5 rings (SSSR count). The molecule has 5 bridgehead atoms. The Hall–Kier alpha value is -4.59. The lowest BCUT2D eigenvalue weighted by atomic mass is 9.81. The van der Waals surface area contributed by atoms with Crippen LogP contribution in [0.15, 0.2) is 47.9 Å². The highest BCUT2D eigenvalue weighted by molar-refractivity contribution is 6.30. The van der Waals surface area contributed by atoms with E-state index in [0.717, 1.165) is 12.3 Å². The number of methoxy groups -OCH3 is 1. The molecule has 13 nitrogen and oxygen atoms in total. The number of fused-ring (bicyclic) bond motifs is 14. The van der Waals surface area contributed by atoms with E-state index in [-0.39, 0.29) is 34.4 Å².